The second-order valence-electron chi connectivity index (χ2n) is 3.82. The second-order valence-corrected chi connectivity index (χ2v) is 3.82. The van der Waals surface area contributed by atoms with Gasteiger partial charge in [0, 0.05) is 17.4 Å². The lowest BCUT2D eigenvalue weighted by Crippen LogP contribution is -2.08. The number of ether oxygens (including phenoxy) is 1. The maximum absolute atomic E-state index is 11.9. The molecule has 0 atom stereocenters. The van der Waals surface area contributed by atoms with E-state index in [9.17, 15) is 4.79 Å². The average Bonchev–Trinajstić information content (AvgIpc) is 2.37. The van der Waals surface area contributed by atoms with E-state index in [-0.39, 0.29) is 5.78 Å². The Morgan fingerprint density at radius 2 is 1.88 bits per heavy atom. The summed E-state index contributed by atoms with van der Waals surface area (Å²) >= 11 is 0. The summed E-state index contributed by atoms with van der Waals surface area (Å²) in [5.74, 6) is 0.858. The van der Waals surface area contributed by atoms with Crippen molar-refractivity contribution in [1.29, 1.82) is 0 Å². The SMILES string of the molecule is COc1ccc(C(=O)CCN)c2ccccc12. The number of carbonyl (C=O) groups excluding carboxylic acids is 1. The van der Waals surface area contributed by atoms with Crippen LogP contribution in [0.1, 0.15) is 16.8 Å². The molecule has 2 aromatic rings. The fraction of sp³-hybridized carbons (Fsp3) is 0.214. The van der Waals surface area contributed by atoms with Crippen LogP contribution in [-0.2, 0) is 0 Å². The summed E-state index contributed by atoms with van der Waals surface area (Å²) in [5, 5.41) is 1.88. The molecule has 0 radical (unpaired) electrons. The largest absolute Gasteiger partial charge is 0.496 e. The molecule has 0 aromatic heterocycles. The zero-order valence-corrected chi connectivity index (χ0v) is 9.77. The molecule has 0 bridgehead atoms. The first-order chi connectivity index (χ1) is 8.27. The highest BCUT2D eigenvalue weighted by Gasteiger charge is 2.11. The summed E-state index contributed by atoms with van der Waals surface area (Å²) in [5.41, 5.74) is 6.14. The lowest BCUT2D eigenvalue weighted by atomic mass is 9.99. The van der Waals surface area contributed by atoms with Crippen molar-refractivity contribution in [3.63, 3.8) is 0 Å². The van der Waals surface area contributed by atoms with E-state index in [0.717, 1.165) is 16.5 Å². The van der Waals surface area contributed by atoms with Crippen molar-refractivity contribution >= 4 is 16.6 Å². The Balaban J connectivity index is 2.62. The predicted octanol–water partition coefficient (Wildman–Crippen LogP) is 2.38. The van der Waals surface area contributed by atoms with Crippen LogP contribution >= 0.6 is 0 Å². The number of benzene rings is 2. The van der Waals surface area contributed by atoms with E-state index >= 15 is 0 Å². The molecule has 0 spiro atoms. The van der Waals surface area contributed by atoms with Gasteiger partial charge in [0.25, 0.3) is 0 Å². The van der Waals surface area contributed by atoms with Crippen LogP contribution in [-0.4, -0.2) is 19.4 Å². The summed E-state index contributed by atoms with van der Waals surface area (Å²) in [6.45, 7) is 0.374. The van der Waals surface area contributed by atoms with E-state index in [1.807, 2.05) is 30.3 Å². The standard InChI is InChI=1S/C14H15NO2/c1-17-14-7-6-11(13(16)8-9-15)10-4-2-3-5-12(10)14/h2-7H,8-9,15H2,1H3. The Morgan fingerprint density at radius 1 is 1.18 bits per heavy atom. The normalized spacial score (nSPS) is 10.5. The van der Waals surface area contributed by atoms with Crippen LogP contribution in [0.25, 0.3) is 10.8 Å². The maximum atomic E-state index is 11.9. The minimum absolute atomic E-state index is 0.0753. The van der Waals surface area contributed by atoms with E-state index in [2.05, 4.69) is 0 Å². The second kappa shape index (κ2) is 4.97. The summed E-state index contributed by atoms with van der Waals surface area (Å²) in [6, 6.07) is 11.4. The quantitative estimate of drug-likeness (QED) is 0.819. The van der Waals surface area contributed by atoms with E-state index in [4.69, 9.17) is 10.5 Å². The topological polar surface area (TPSA) is 52.3 Å². The third kappa shape index (κ3) is 2.15. The van der Waals surface area contributed by atoms with Crippen molar-refractivity contribution in [1.82, 2.24) is 0 Å². The van der Waals surface area contributed by atoms with Crippen molar-refractivity contribution in [2.24, 2.45) is 5.73 Å². The third-order valence-electron chi connectivity index (χ3n) is 2.78. The summed E-state index contributed by atoms with van der Waals surface area (Å²) in [6.07, 6.45) is 0.371. The van der Waals surface area contributed by atoms with E-state index < -0.39 is 0 Å². The Morgan fingerprint density at radius 3 is 2.53 bits per heavy atom. The highest BCUT2D eigenvalue weighted by Crippen LogP contribution is 2.28. The van der Waals surface area contributed by atoms with Gasteiger partial charge in [-0.1, -0.05) is 24.3 Å². The predicted molar refractivity (Wildman–Crippen MR) is 68.5 cm³/mol. The van der Waals surface area contributed by atoms with Crippen molar-refractivity contribution in [3.05, 3.63) is 42.0 Å². The molecule has 0 saturated carbocycles. The number of hydrogen-bond acceptors (Lipinski definition) is 3. The molecule has 0 amide bonds. The summed E-state index contributed by atoms with van der Waals surface area (Å²) < 4.78 is 5.29. The van der Waals surface area contributed by atoms with Gasteiger partial charge in [0.05, 0.1) is 7.11 Å². The van der Waals surface area contributed by atoms with E-state index in [1.54, 1.807) is 13.2 Å². The van der Waals surface area contributed by atoms with Gasteiger partial charge in [0.1, 0.15) is 5.75 Å². The van der Waals surface area contributed by atoms with Crippen molar-refractivity contribution in [2.75, 3.05) is 13.7 Å². The van der Waals surface area contributed by atoms with Crippen LogP contribution in [0.5, 0.6) is 5.75 Å². The molecule has 2 aromatic carbocycles. The van der Waals surface area contributed by atoms with Gasteiger partial charge in [-0.15, -0.1) is 0 Å². The molecular formula is C14H15NO2. The highest BCUT2D eigenvalue weighted by molar-refractivity contribution is 6.09. The number of ketones is 1. The minimum Gasteiger partial charge on any atom is -0.496 e. The van der Waals surface area contributed by atoms with Gasteiger partial charge < -0.3 is 10.5 Å². The molecular weight excluding hydrogens is 214 g/mol. The molecule has 3 nitrogen and oxygen atoms in total. The van der Waals surface area contributed by atoms with Crippen LogP contribution in [0.3, 0.4) is 0 Å². The molecule has 0 aliphatic rings. The van der Waals surface area contributed by atoms with Gasteiger partial charge >= 0.3 is 0 Å². The molecule has 88 valence electrons. The number of Topliss-reactive ketones (excluding diaryl/α,β-unsaturated/α-hetero) is 1. The number of hydrogen-bond donors (Lipinski definition) is 1. The first-order valence-electron chi connectivity index (χ1n) is 5.57. The third-order valence-corrected chi connectivity index (χ3v) is 2.78. The lowest BCUT2D eigenvalue weighted by Gasteiger charge is -2.09. The number of rotatable bonds is 4. The molecule has 0 saturated heterocycles. The molecule has 2 N–H and O–H groups in total. The molecule has 2 rings (SSSR count). The lowest BCUT2D eigenvalue weighted by molar-refractivity contribution is 0.0987. The van der Waals surface area contributed by atoms with Crippen molar-refractivity contribution < 1.29 is 9.53 Å². The molecule has 0 heterocycles. The zero-order chi connectivity index (χ0) is 12.3. The van der Waals surface area contributed by atoms with Gasteiger partial charge in [0.15, 0.2) is 5.78 Å². The van der Waals surface area contributed by atoms with Crippen LogP contribution in [0.2, 0.25) is 0 Å². The van der Waals surface area contributed by atoms with Crippen molar-refractivity contribution in [2.45, 2.75) is 6.42 Å². The van der Waals surface area contributed by atoms with Gasteiger partial charge in [-0.25, -0.2) is 0 Å². The first-order valence-corrected chi connectivity index (χ1v) is 5.57. The Labute approximate surface area is 100 Å². The Bertz CT molecular complexity index is 549. The smallest absolute Gasteiger partial charge is 0.164 e. The zero-order valence-electron chi connectivity index (χ0n) is 9.77. The minimum atomic E-state index is 0.0753. The van der Waals surface area contributed by atoms with Crippen LogP contribution in [0.15, 0.2) is 36.4 Å². The number of nitrogens with two attached hydrogens (primary N) is 1. The number of carbonyl (C=O) groups is 1. The number of fused-ring (bicyclic) bond motifs is 1. The van der Waals surface area contributed by atoms with Gasteiger partial charge in [-0.3, -0.25) is 4.79 Å². The molecule has 0 aliphatic heterocycles. The fourth-order valence-electron chi connectivity index (χ4n) is 1.96. The summed E-state index contributed by atoms with van der Waals surface area (Å²) in [4.78, 5) is 11.9. The van der Waals surface area contributed by atoms with Gasteiger partial charge in [0.2, 0.25) is 0 Å². The number of methoxy groups -OCH3 is 1. The van der Waals surface area contributed by atoms with Gasteiger partial charge in [-0.2, -0.15) is 0 Å². The first kappa shape index (κ1) is 11.6. The fourth-order valence-corrected chi connectivity index (χ4v) is 1.96. The van der Waals surface area contributed by atoms with E-state index in [0.29, 0.717) is 18.5 Å². The average molecular weight is 229 g/mol. The van der Waals surface area contributed by atoms with Crippen LogP contribution in [0, 0.1) is 0 Å². The molecule has 0 unspecified atom stereocenters. The molecule has 0 fully saturated rings. The van der Waals surface area contributed by atoms with Crippen LogP contribution < -0.4 is 10.5 Å². The van der Waals surface area contributed by atoms with Crippen molar-refractivity contribution in [3.8, 4) is 5.75 Å². The van der Waals surface area contributed by atoms with E-state index in [1.165, 1.54) is 0 Å². The molecule has 3 heteroatoms. The Kier molecular flexibility index (Phi) is 3.40. The molecule has 17 heavy (non-hydrogen) atoms. The molecule has 0 aliphatic carbocycles. The maximum Gasteiger partial charge on any atom is 0.164 e. The monoisotopic (exact) mass is 229 g/mol. The highest BCUT2D eigenvalue weighted by atomic mass is 16.5. The van der Waals surface area contributed by atoms with Crippen LogP contribution in [0.4, 0.5) is 0 Å². The van der Waals surface area contributed by atoms with Gasteiger partial charge in [-0.05, 0) is 24.1 Å². The Hall–Kier alpha value is -1.87. The summed E-state index contributed by atoms with van der Waals surface area (Å²) in [7, 11) is 1.63.